The number of halogens is 1. The third-order valence-corrected chi connectivity index (χ3v) is 3.67. The van der Waals surface area contributed by atoms with Crippen LogP contribution in [-0.2, 0) is 5.33 Å². The van der Waals surface area contributed by atoms with Crippen molar-refractivity contribution in [3.63, 3.8) is 0 Å². The van der Waals surface area contributed by atoms with Gasteiger partial charge in [0, 0.05) is 10.9 Å². The van der Waals surface area contributed by atoms with E-state index < -0.39 is 0 Å². The van der Waals surface area contributed by atoms with Gasteiger partial charge in [-0.05, 0) is 30.2 Å². The van der Waals surface area contributed by atoms with E-state index in [9.17, 15) is 4.79 Å². The largest absolute Gasteiger partial charge is 0.346 e. The molecule has 2 aromatic rings. The van der Waals surface area contributed by atoms with Gasteiger partial charge in [-0.25, -0.2) is 0 Å². The number of rotatable bonds is 4. The first-order valence-corrected chi connectivity index (χ1v) is 7.33. The van der Waals surface area contributed by atoms with Crippen LogP contribution in [0.4, 0.5) is 0 Å². The predicted molar refractivity (Wildman–Crippen MR) is 81.4 cm³/mol. The van der Waals surface area contributed by atoms with Crippen LogP contribution in [0.15, 0.2) is 54.6 Å². The van der Waals surface area contributed by atoms with E-state index in [2.05, 4.69) is 21.2 Å². The Hall–Kier alpha value is -1.61. The molecule has 98 valence electrons. The predicted octanol–water partition coefficient (Wildman–Crippen LogP) is 4.07. The summed E-state index contributed by atoms with van der Waals surface area (Å²) in [6.07, 6.45) is 0. The van der Waals surface area contributed by atoms with Gasteiger partial charge in [0.15, 0.2) is 0 Å². The van der Waals surface area contributed by atoms with E-state index in [-0.39, 0.29) is 11.9 Å². The highest BCUT2D eigenvalue weighted by Crippen LogP contribution is 2.13. The van der Waals surface area contributed by atoms with Crippen molar-refractivity contribution < 1.29 is 4.79 Å². The number of carbonyl (C=O) groups is 1. The van der Waals surface area contributed by atoms with Crippen LogP contribution >= 0.6 is 15.9 Å². The summed E-state index contributed by atoms with van der Waals surface area (Å²) in [6.45, 7) is 1.99. The lowest BCUT2D eigenvalue weighted by atomic mass is 10.1. The summed E-state index contributed by atoms with van der Waals surface area (Å²) in [7, 11) is 0. The minimum absolute atomic E-state index is 0.00421. The third-order valence-electron chi connectivity index (χ3n) is 3.02. The van der Waals surface area contributed by atoms with Gasteiger partial charge in [0.05, 0.1) is 6.04 Å². The summed E-state index contributed by atoms with van der Waals surface area (Å²) in [6, 6.07) is 17.6. The van der Waals surface area contributed by atoms with Crippen molar-refractivity contribution in [2.24, 2.45) is 0 Å². The van der Waals surface area contributed by atoms with Gasteiger partial charge in [-0.15, -0.1) is 0 Å². The van der Waals surface area contributed by atoms with E-state index in [1.807, 2.05) is 61.5 Å². The van der Waals surface area contributed by atoms with Crippen molar-refractivity contribution in [1.29, 1.82) is 0 Å². The van der Waals surface area contributed by atoms with Gasteiger partial charge in [-0.3, -0.25) is 4.79 Å². The standard InChI is InChI=1S/C16H16BrNO/c1-12(14-5-3-2-4-6-14)18-16(19)15-9-7-13(11-17)8-10-15/h2-10,12H,11H2,1H3,(H,18,19)/t12-/m1/s1. The van der Waals surface area contributed by atoms with Crippen LogP contribution in [0.2, 0.25) is 0 Å². The van der Waals surface area contributed by atoms with E-state index >= 15 is 0 Å². The molecule has 0 heterocycles. The SMILES string of the molecule is C[C@@H](NC(=O)c1ccc(CBr)cc1)c1ccccc1. The number of carbonyl (C=O) groups excluding carboxylic acids is 1. The smallest absolute Gasteiger partial charge is 0.251 e. The molecule has 1 atom stereocenters. The van der Waals surface area contributed by atoms with E-state index in [4.69, 9.17) is 0 Å². The Morgan fingerprint density at radius 2 is 1.74 bits per heavy atom. The van der Waals surface area contributed by atoms with Crippen molar-refractivity contribution in [1.82, 2.24) is 5.32 Å². The summed E-state index contributed by atoms with van der Waals surface area (Å²) in [5.74, 6) is -0.0440. The Balaban J connectivity index is 2.04. The minimum atomic E-state index is -0.0440. The maximum Gasteiger partial charge on any atom is 0.251 e. The van der Waals surface area contributed by atoms with Crippen molar-refractivity contribution in [3.8, 4) is 0 Å². The minimum Gasteiger partial charge on any atom is -0.346 e. The second kappa shape index (κ2) is 6.53. The van der Waals surface area contributed by atoms with Gasteiger partial charge in [0.2, 0.25) is 0 Å². The molecule has 1 amide bonds. The first-order valence-electron chi connectivity index (χ1n) is 6.21. The molecule has 0 aromatic heterocycles. The van der Waals surface area contributed by atoms with E-state index in [1.54, 1.807) is 0 Å². The number of benzene rings is 2. The van der Waals surface area contributed by atoms with Crippen LogP contribution < -0.4 is 5.32 Å². The summed E-state index contributed by atoms with van der Waals surface area (Å²) >= 11 is 3.39. The first kappa shape index (κ1) is 13.8. The Bertz CT molecular complexity index is 536. The lowest BCUT2D eigenvalue weighted by molar-refractivity contribution is 0.0940. The molecule has 0 fully saturated rings. The number of nitrogens with one attached hydrogen (secondary N) is 1. The molecule has 0 saturated carbocycles. The Morgan fingerprint density at radius 3 is 2.32 bits per heavy atom. The summed E-state index contributed by atoms with van der Waals surface area (Å²) in [5, 5.41) is 3.80. The molecule has 0 aliphatic carbocycles. The molecule has 0 bridgehead atoms. The van der Waals surface area contributed by atoms with Gasteiger partial charge in [-0.2, -0.15) is 0 Å². The van der Waals surface area contributed by atoms with Crippen molar-refractivity contribution in [2.75, 3.05) is 0 Å². The molecular formula is C16H16BrNO. The van der Waals surface area contributed by atoms with Crippen LogP contribution in [0.25, 0.3) is 0 Å². The highest BCUT2D eigenvalue weighted by Gasteiger charge is 2.10. The van der Waals surface area contributed by atoms with Gasteiger partial charge < -0.3 is 5.32 Å². The van der Waals surface area contributed by atoms with E-state index in [1.165, 1.54) is 0 Å². The Morgan fingerprint density at radius 1 is 1.11 bits per heavy atom. The lowest BCUT2D eigenvalue weighted by Gasteiger charge is -2.14. The molecular weight excluding hydrogens is 302 g/mol. The Kier molecular flexibility index (Phi) is 4.74. The Labute approximate surface area is 122 Å². The monoisotopic (exact) mass is 317 g/mol. The molecule has 2 aromatic carbocycles. The van der Waals surface area contributed by atoms with E-state index in [0.717, 1.165) is 16.5 Å². The lowest BCUT2D eigenvalue weighted by Crippen LogP contribution is -2.26. The average Bonchev–Trinajstić information content (AvgIpc) is 2.48. The summed E-state index contributed by atoms with van der Waals surface area (Å²) in [5.41, 5.74) is 2.95. The maximum absolute atomic E-state index is 12.1. The zero-order valence-corrected chi connectivity index (χ0v) is 12.4. The van der Waals surface area contributed by atoms with Gasteiger partial charge in [-0.1, -0.05) is 58.4 Å². The molecule has 0 unspecified atom stereocenters. The molecule has 3 heteroatoms. The van der Waals surface area contributed by atoms with Crippen LogP contribution in [0.1, 0.15) is 34.5 Å². The average molecular weight is 318 g/mol. The highest BCUT2D eigenvalue weighted by atomic mass is 79.9. The second-order valence-corrected chi connectivity index (χ2v) is 5.00. The number of amides is 1. The van der Waals surface area contributed by atoms with Gasteiger partial charge in [0.25, 0.3) is 5.91 Å². The zero-order valence-electron chi connectivity index (χ0n) is 10.8. The molecule has 1 N–H and O–H groups in total. The third kappa shape index (κ3) is 3.67. The van der Waals surface area contributed by atoms with Gasteiger partial charge >= 0.3 is 0 Å². The van der Waals surface area contributed by atoms with Crippen LogP contribution in [0.5, 0.6) is 0 Å². The molecule has 2 nitrogen and oxygen atoms in total. The first-order chi connectivity index (χ1) is 9.20. The molecule has 0 saturated heterocycles. The van der Waals surface area contributed by atoms with E-state index in [0.29, 0.717) is 5.56 Å². The molecule has 0 spiro atoms. The van der Waals surface area contributed by atoms with Crippen molar-refractivity contribution >= 4 is 21.8 Å². The van der Waals surface area contributed by atoms with Crippen LogP contribution in [-0.4, -0.2) is 5.91 Å². The maximum atomic E-state index is 12.1. The zero-order chi connectivity index (χ0) is 13.7. The molecule has 0 radical (unpaired) electrons. The normalized spacial score (nSPS) is 11.9. The van der Waals surface area contributed by atoms with Crippen molar-refractivity contribution in [2.45, 2.75) is 18.3 Å². The van der Waals surface area contributed by atoms with Crippen molar-refractivity contribution in [3.05, 3.63) is 71.3 Å². The highest BCUT2D eigenvalue weighted by molar-refractivity contribution is 9.08. The summed E-state index contributed by atoms with van der Waals surface area (Å²) in [4.78, 5) is 12.1. The summed E-state index contributed by atoms with van der Waals surface area (Å²) < 4.78 is 0. The molecule has 0 aliphatic rings. The van der Waals surface area contributed by atoms with Crippen LogP contribution in [0, 0.1) is 0 Å². The van der Waals surface area contributed by atoms with Crippen LogP contribution in [0.3, 0.4) is 0 Å². The molecule has 0 aliphatic heterocycles. The van der Waals surface area contributed by atoms with Gasteiger partial charge in [0.1, 0.15) is 0 Å². The molecule has 2 rings (SSSR count). The fourth-order valence-electron chi connectivity index (χ4n) is 1.85. The fourth-order valence-corrected chi connectivity index (χ4v) is 2.22. The number of hydrogen-bond donors (Lipinski definition) is 1. The quantitative estimate of drug-likeness (QED) is 0.846. The number of hydrogen-bond acceptors (Lipinski definition) is 1. The second-order valence-electron chi connectivity index (χ2n) is 4.44. The topological polar surface area (TPSA) is 29.1 Å². The molecule has 19 heavy (non-hydrogen) atoms. The fraction of sp³-hybridized carbons (Fsp3) is 0.188. The number of alkyl halides is 1.